The van der Waals surface area contributed by atoms with Crippen molar-refractivity contribution >= 4 is 33.7 Å². The molecule has 0 aliphatic rings. The van der Waals surface area contributed by atoms with Gasteiger partial charge in [-0.25, -0.2) is 4.98 Å². The minimum Gasteiger partial charge on any atom is -0.497 e. The highest BCUT2D eigenvalue weighted by Crippen LogP contribution is 2.26. The molecule has 8 heteroatoms. The molecule has 142 valence electrons. The molecule has 4 aromatic rings. The van der Waals surface area contributed by atoms with E-state index in [0.29, 0.717) is 28.3 Å². The first-order chi connectivity index (χ1) is 13.6. The number of ether oxygens (including phenoxy) is 2. The van der Waals surface area contributed by atoms with Crippen LogP contribution in [0.2, 0.25) is 0 Å². The number of hydrogen-bond donors (Lipinski definition) is 1. The van der Waals surface area contributed by atoms with Gasteiger partial charge in [-0.05, 0) is 12.1 Å². The number of para-hydroxylation sites is 1. The van der Waals surface area contributed by atoms with E-state index in [1.54, 1.807) is 24.3 Å². The van der Waals surface area contributed by atoms with Crippen LogP contribution < -0.4 is 20.3 Å². The van der Waals surface area contributed by atoms with Crippen molar-refractivity contribution in [1.29, 1.82) is 0 Å². The monoisotopic (exact) mass is 379 g/mol. The maximum absolute atomic E-state index is 12.7. The Balaban J connectivity index is 1.61. The van der Waals surface area contributed by atoms with Crippen LogP contribution >= 0.6 is 0 Å². The summed E-state index contributed by atoms with van der Waals surface area (Å²) in [5, 5.41) is 3.48. The zero-order valence-corrected chi connectivity index (χ0v) is 15.3. The summed E-state index contributed by atoms with van der Waals surface area (Å²) < 4.78 is 17.2. The standard InChI is InChI=1S/C20H17N3O5/c1-26-13-7-12(8-14(9-13)27-2)22-17(24)10-23-11-21-18-15-5-3-4-6-16(15)28-19(18)20(23)25/h3-9,11H,10H2,1-2H3,(H,22,24). The predicted octanol–water partition coefficient (Wildman–Crippen LogP) is 2.80. The van der Waals surface area contributed by atoms with Crippen molar-refractivity contribution in [2.75, 3.05) is 19.5 Å². The number of amides is 1. The molecule has 0 aliphatic heterocycles. The minimum absolute atomic E-state index is 0.125. The lowest BCUT2D eigenvalue weighted by molar-refractivity contribution is -0.116. The van der Waals surface area contributed by atoms with E-state index in [0.717, 1.165) is 5.39 Å². The molecule has 0 atom stereocenters. The quantitative estimate of drug-likeness (QED) is 0.573. The van der Waals surface area contributed by atoms with Crippen LogP contribution in [0.4, 0.5) is 5.69 Å². The van der Waals surface area contributed by atoms with Crippen molar-refractivity contribution in [3.63, 3.8) is 0 Å². The number of hydrogen-bond acceptors (Lipinski definition) is 6. The number of fused-ring (bicyclic) bond motifs is 3. The second-order valence-electron chi connectivity index (χ2n) is 6.10. The van der Waals surface area contributed by atoms with Gasteiger partial charge in [-0.15, -0.1) is 0 Å². The zero-order valence-electron chi connectivity index (χ0n) is 15.3. The number of benzene rings is 2. The second kappa shape index (κ2) is 7.07. The Morgan fingerprint density at radius 1 is 1.14 bits per heavy atom. The van der Waals surface area contributed by atoms with Crippen LogP contribution in [0.15, 0.2) is 58.0 Å². The highest BCUT2D eigenvalue weighted by atomic mass is 16.5. The Bertz CT molecular complexity index is 1220. The third kappa shape index (κ3) is 3.16. The van der Waals surface area contributed by atoms with Crippen LogP contribution in [0.3, 0.4) is 0 Å². The Kier molecular flexibility index (Phi) is 4.44. The SMILES string of the molecule is COc1cc(NC(=O)Cn2cnc3c(oc4ccccc43)c2=O)cc(OC)c1. The topological polar surface area (TPSA) is 95.6 Å². The van der Waals surface area contributed by atoms with Gasteiger partial charge in [0.1, 0.15) is 29.1 Å². The number of furan rings is 1. The molecule has 0 radical (unpaired) electrons. The summed E-state index contributed by atoms with van der Waals surface area (Å²) in [4.78, 5) is 29.4. The van der Waals surface area contributed by atoms with Crippen LogP contribution in [0.25, 0.3) is 22.1 Å². The van der Waals surface area contributed by atoms with Gasteiger partial charge < -0.3 is 19.2 Å². The molecule has 1 amide bonds. The second-order valence-corrected chi connectivity index (χ2v) is 6.10. The fourth-order valence-corrected chi connectivity index (χ4v) is 2.96. The molecular weight excluding hydrogens is 362 g/mol. The molecule has 8 nitrogen and oxygen atoms in total. The van der Waals surface area contributed by atoms with E-state index < -0.39 is 11.5 Å². The van der Waals surface area contributed by atoms with E-state index in [9.17, 15) is 9.59 Å². The number of aromatic nitrogens is 2. The van der Waals surface area contributed by atoms with Gasteiger partial charge in [0, 0.05) is 29.3 Å². The lowest BCUT2D eigenvalue weighted by Crippen LogP contribution is -2.27. The number of rotatable bonds is 5. The Morgan fingerprint density at radius 2 is 1.86 bits per heavy atom. The smallest absolute Gasteiger partial charge is 0.297 e. The third-order valence-corrected chi connectivity index (χ3v) is 4.30. The van der Waals surface area contributed by atoms with Gasteiger partial charge in [0.05, 0.1) is 20.5 Å². The molecule has 0 aliphatic carbocycles. The lowest BCUT2D eigenvalue weighted by atomic mass is 10.2. The Labute approximate surface area is 159 Å². The third-order valence-electron chi connectivity index (χ3n) is 4.30. The molecule has 0 saturated heterocycles. The van der Waals surface area contributed by atoms with Crippen LogP contribution in [-0.4, -0.2) is 29.7 Å². The molecule has 28 heavy (non-hydrogen) atoms. The molecule has 1 N–H and O–H groups in total. The van der Waals surface area contributed by atoms with Crippen LogP contribution in [0.1, 0.15) is 0 Å². The summed E-state index contributed by atoms with van der Waals surface area (Å²) >= 11 is 0. The predicted molar refractivity (Wildman–Crippen MR) is 104 cm³/mol. The normalized spacial score (nSPS) is 10.9. The summed E-state index contributed by atoms with van der Waals surface area (Å²) in [7, 11) is 3.04. The maximum Gasteiger partial charge on any atom is 0.297 e. The van der Waals surface area contributed by atoms with E-state index in [4.69, 9.17) is 13.9 Å². The molecule has 0 fully saturated rings. The first kappa shape index (κ1) is 17.6. The molecule has 0 saturated carbocycles. The fraction of sp³-hybridized carbons (Fsp3) is 0.150. The van der Waals surface area contributed by atoms with Gasteiger partial charge in [0.25, 0.3) is 5.56 Å². The van der Waals surface area contributed by atoms with Gasteiger partial charge in [-0.2, -0.15) is 0 Å². The maximum atomic E-state index is 12.7. The molecular formula is C20H17N3O5. The zero-order chi connectivity index (χ0) is 19.7. The van der Waals surface area contributed by atoms with Crippen LogP contribution in [-0.2, 0) is 11.3 Å². The first-order valence-corrected chi connectivity index (χ1v) is 8.48. The number of nitrogens with zero attached hydrogens (tertiary/aromatic N) is 2. The van der Waals surface area contributed by atoms with Crippen LogP contribution in [0.5, 0.6) is 11.5 Å². The van der Waals surface area contributed by atoms with Crippen molar-refractivity contribution in [2.45, 2.75) is 6.54 Å². The van der Waals surface area contributed by atoms with Crippen molar-refractivity contribution in [3.8, 4) is 11.5 Å². The van der Waals surface area contributed by atoms with Crippen molar-refractivity contribution in [3.05, 3.63) is 59.1 Å². The summed E-state index contributed by atoms with van der Waals surface area (Å²) in [5.74, 6) is 0.684. The number of carbonyl (C=O) groups is 1. The van der Waals surface area contributed by atoms with E-state index in [1.807, 2.05) is 18.2 Å². The number of methoxy groups -OCH3 is 2. The first-order valence-electron chi connectivity index (χ1n) is 8.48. The van der Waals surface area contributed by atoms with Crippen molar-refractivity contribution < 1.29 is 18.7 Å². The van der Waals surface area contributed by atoms with Gasteiger partial charge in [0.15, 0.2) is 0 Å². The molecule has 0 spiro atoms. The molecule has 0 unspecified atom stereocenters. The van der Waals surface area contributed by atoms with Crippen LogP contribution in [0, 0.1) is 0 Å². The van der Waals surface area contributed by atoms with Gasteiger partial charge >= 0.3 is 0 Å². The van der Waals surface area contributed by atoms with Gasteiger partial charge in [-0.3, -0.25) is 14.2 Å². The largest absolute Gasteiger partial charge is 0.497 e. The fourth-order valence-electron chi connectivity index (χ4n) is 2.96. The molecule has 2 heterocycles. The molecule has 2 aromatic heterocycles. The number of nitrogens with one attached hydrogen (secondary N) is 1. The summed E-state index contributed by atoms with van der Waals surface area (Å²) in [6.07, 6.45) is 1.35. The van der Waals surface area contributed by atoms with E-state index >= 15 is 0 Å². The van der Waals surface area contributed by atoms with Crippen molar-refractivity contribution in [2.24, 2.45) is 0 Å². The van der Waals surface area contributed by atoms with E-state index in [1.165, 1.54) is 25.1 Å². The van der Waals surface area contributed by atoms with Crippen molar-refractivity contribution in [1.82, 2.24) is 9.55 Å². The summed E-state index contributed by atoms with van der Waals surface area (Å²) in [6, 6.07) is 12.3. The van der Waals surface area contributed by atoms with E-state index in [2.05, 4.69) is 10.3 Å². The Hall–Kier alpha value is -3.81. The Morgan fingerprint density at radius 3 is 2.57 bits per heavy atom. The van der Waals surface area contributed by atoms with Gasteiger partial charge in [-0.1, -0.05) is 12.1 Å². The molecule has 4 rings (SSSR count). The molecule has 0 bridgehead atoms. The highest BCUT2D eigenvalue weighted by Gasteiger charge is 2.15. The molecule has 2 aromatic carbocycles. The average Bonchev–Trinajstić information content (AvgIpc) is 3.09. The average molecular weight is 379 g/mol. The van der Waals surface area contributed by atoms with Gasteiger partial charge in [0.2, 0.25) is 11.5 Å². The summed E-state index contributed by atoms with van der Waals surface area (Å²) in [6.45, 7) is -0.210. The highest BCUT2D eigenvalue weighted by molar-refractivity contribution is 6.01. The van der Waals surface area contributed by atoms with E-state index in [-0.39, 0.29) is 12.1 Å². The lowest BCUT2D eigenvalue weighted by Gasteiger charge is -2.10. The number of carbonyl (C=O) groups excluding carboxylic acids is 1. The number of anilines is 1. The minimum atomic E-state index is -0.417. The summed E-state index contributed by atoms with van der Waals surface area (Å²) in [5.41, 5.74) is 1.26.